The van der Waals surface area contributed by atoms with Gasteiger partial charge in [0, 0.05) is 56.7 Å². The number of aromatic nitrogens is 4. The number of anilines is 3. The van der Waals surface area contributed by atoms with Crippen molar-refractivity contribution in [1.82, 2.24) is 24.8 Å². The van der Waals surface area contributed by atoms with Gasteiger partial charge in [-0.25, -0.2) is 15.0 Å². The van der Waals surface area contributed by atoms with E-state index in [1.807, 2.05) is 6.07 Å². The Morgan fingerprint density at radius 2 is 1.90 bits per heavy atom. The summed E-state index contributed by atoms with van der Waals surface area (Å²) < 4.78 is 5.57. The minimum absolute atomic E-state index is 0.271. The second kappa shape index (κ2) is 6.24. The molecule has 2 aromatic rings. The van der Waals surface area contributed by atoms with Crippen LogP contribution in [-0.2, 0) is 4.74 Å². The fourth-order valence-corrected chi connectivity index (χ4v) is 5.16. The van der Waals surface area contributed by atoms with Crippen molar-refractivity contribution in [3.63, 3.8) is 0 Å². The molecule has 2 aromatic heterocycles. The summed E-state index contributed by atoms with van der Waals surface area (Å²) >= 11 is 0. The van der Waals surface area contributed by atoms with E-state index in [1.165, 1.54) is 25.9 Å². The largest absolute Gasteiger partial charge is 0.372 e. The zero-order valence-corrected chi connectivity index (χ0v) is 16.7. The van der Waals surface area contributed by atoms with E-state index in [4.69, 9.17) is 20.4 Å². The Bertz CT molecular complexity index is 919. The first-order valence-electron chi connectivity index (χ1n) is 10.4. The Balaban J connectivity index is 1.30. The average Bonchev–Trinajstić information content (AvgIpc) is 2.70. The predicted octanol–water partition coefficient (Wildman–Crippen LogP) is 0.635. The number of ether oxygens (including phenoxy) is 1. The zero-order chi connectivity index (χ0) is 19.6. The first-order chi connectivity index (χ1) is 14.1. The second-order valence-electron chi connectivity index (χ2n) is 8.99. The molecule has 0 radical (unpaired) electrons. The highest BCUT2D eigenvalue weighted by molar-refractivity contribution is 5.65. The topological polar surface area (TPSA) is 96.5 Å². The van der Waals surface area contributed by atoms with Gasteiger partial charge in [0.1, 0.15) is 5.82 Å². The number of nitrogen functional groups attached to an aromatic ring is 1. The number of nitrogens with zero attached hydrogens (tertiary/aromatic N) is 7. The van der Waals surface area contributed by atoms with E-state index in [-0.39, 0.29) is 5.95 Å². The van der Waals surface area contributed by atoms with Crippen molar-refractivity contribution in [3.05, 3.63) is 18.5 Å². The molecule has 1 spiro atoms. The molecule has 1 unspecified atom stereocenters. The minimum atomic E-state index is 0.271. The summed E-state index contributed by atoms with van der Waals surface area (Å²) in [6.45, 7) is 6.12. The van der Waals surface area contributed by atoms with Crippen LogP contribution < -0.4 is 15.5 Å². The molecule has 152 valence electrons. The minimum Gasteiger partial charge on any atom is -0.372 e. The molecule has 6 heterocycles. The van der Waals surface area contributed by atoms with Gasteiger partial charge in [0.05, 0.1) is 24.4 Å². The normalized spacial score (nSPS) is 27.8. The molecular weight excluding hydrogens is 368 g/mol. The molecule has 0 aromatic carbocycles. The first kappa shape index (κ1) is 17.3. The molecule has 6 rings (SSSR count). The lowest BCUT2D eigenvalue weighted by Gasteiger charge is -2.55. The van der Waals surface area contributed by atoms with Gasteiger partial charge in [-0.1, -0.05) is 0 Å². The zero-order valence-electron chi connectivity index (χ0n) is 16.7. The lowest BCUT2D eigenvalue weighted by molar-refractivity contribution is -0.113. The van der Waals surface area contributed by atoms with E-state index in [2.05, 4.69) is 31.7 Å². The molecule has 0 aliphatic carbocycles. The Hall–Kier alpha value is -2.52. The first-order valence-corrected chi connectivity index (χ1v) is 10.4. The van der Waals surface area contributed by atoms with Crippen molar-refractivity contribution in [1.29, 1.82) is 0 Å². The van der Waals surface area contributed by atoms with E-state index in [9.17, 15) is 0 Å². The summed E-state index contributed by atoms with van der Waals surface area (Å²) in [6, 6.07) is 2.49. The van der Waals surface area contributed by atoms with Gasteiger partial charge in [-0.2, -0.15) is 4.98 Å². The van der Waals surface area contributed by atoms with Crippen molar-refractivity contribution in [2.75, 3.05) is 61.9 Å². The molecule has 2 N–H and O–H groups in total. The fourth-order valence-electron chi connectivity index (χ4n) is 5.16. The monoisotopic (exact) mass is 394 g/mol. The SMILES string of the molecule is CN1CC2(CCN(c3nc(-c4cnc(N)nc4)cc(N4CC5OC[C@H]54)n3)CC2)C1. The lowest BCUT2D eigenvalue weighted by atomic mass is 9.72. The molecule has 0 saturated carbocycles. The highest BCUT2D eigenvalue weighted by Crippen LogP contribution is 2.41. The highest BCUT2D eigenvalue weighted by Gasteiger charge is 2.48. The van der Waals surface area contributed by atoms with E-state index in [0.717, 1.165) is 49.3 Å². The molecular formula is C20H26N8O. The number of hydrogen-bond acceptors (Lipinski definition) is 9. The summed E-state index contributed by atoms with van der Waals surface area (Å²) in [7, 11) is 2.20. The predicted molar refractivity (Wildman–Crippen MR) is 110 cm³/mol. The molecule has 9 nitrogen and oxygen atoms in total. The maximum atomic E-state index is 5.67. The number of likely N-dealkylation sites (tertiary alicyclic amines) is 1. The molecule has 4 fully saturated rings. The molecule has 0 bridgehead atoms. The Kier molecular flexibility index (Phi) is 3.73. The lowest BCUT2D eigenvalue weighted by Crippen LogP contribution is -2.71. The van der Waals surface area contributed by atoms with Crippen LogP contribution in [0.4, 0.5) is 17.7 Å². The molecule has 4 aliphatic rings. The maximum Gasteiger partial charge on any atom is 0.227 e. The van der Waals surface area contributed by atoms with Crippen LogP contribution in [0.1, 0.15) is 12.8 Å². The molecule has 9 heteroatoms. The maximum absolute atomic E-state index is 5.67. The molecule has 2 atom stereocenters. The van der Waals surface area contributed by atoms with Crippen LogP contribution in [0.2, 0.25) is 0 Å². The van der Waals surface area contributed by atoms with Gasteiger partial charge in [-0.3, -0.25) is 0 Å². The van der Waals surface area contributed by atoms with Crippen LogP contribution in [0.5, 0.6) is 0 Å². The van der Waals surface area contributed by atoms with Crippen LogP contribution in [0.3, 0.4) is 0 Å². The van der Waals surface area contributed by atoms with Crippen molar-refractivity contribution in [2.45, 2.75) is 25.0 Å². The van der Waals surface area contributed by atoms with E-state index < -0.39 is 0 Å². The van der Waals surface area contributed by atoms with E-state index in [1.54, 1.807) is 12.4 Å². The van der Waals surface area contributed by atoms with Crippen molar-refractivity contribution in [2.24, 2.45) is 5.41 Å². The third-order valence-corrected chi connectivity index (χ3v) is 6.97. The van der Waals surface area contributed by atoms with Crippen molar-refractivity contribution >= 4 is 17.7 Å². The highest BCUT2D eigenvalue weighted by atomic mass is 16.5. The molecule has 0 amide bonds. The van der Waals surface area contributed by atoms with E-state index in [0.29, 0.717) is 17.6 Å². The van der Waals surface area contributed by atoms with Crippen LogP contribution in [0, 0.1) is 5.41 Å². The summed E-state index contributed by atoms with van der Waals surface area (Å²) in [5.41, 5.74) is 7.88. The van der Waals surface area contributed by atoms with Gasteiger partial charge in [0.15, 0.2) is 0 Å². The van der Waals surface area contributed by atoms with Gasteiger partial charge in [0.25, 0.3) is 0 Å². The number of nitrogens with two attached hydrogens (primary N) is 1. The Morgan fingerprint density at radius 3 is 2.48 bits per heavy atom. The third kappa shape index (κ3) is 2.83. The quantitative estimate of drug-likeness (QED) is 0.804. The number of hydrogen-bond donors (Lipinski definition) is 1. The number of piperidine rings is 1. The molecule has 4 aliphatic heterocycles. The Labute approximate surface area is 169 Å². The van der Waals surface area contributed by atoms with Gasteiger partial charge < -0.3 is 25.2 Å². The number of rotatable bonds is 3. The standard InChI is InChI=1S/C20H26N8O/c1-26-11-20(12-26)2-4-27(5-3-20)19-24-14(13-7-22-18(21)23-8-13)6-17(25-19)28-9-16-15(28)10-29-16/h6-8,15-16H,2-5,9-12H2,1H3,(H2,21,22,23)/t15-,16?/m1/s1. The van der Waals surface area contributed by atoms with Crippen molar-refractivity contribution in [3.8, 4) is 11.3 Å². The van der Waals surface area contributed by atoms with Crippen LogP contribution in [-0.4, -0.2) is 83.4 Å². The fraction of sp³-hybridized carbons (Fsp3) is 0.600. The van der Waals surface area contributed by atoms with Gasteiger partial charge >= 0.3 is 0 Å². The Morgan fingerprint density at radius 1 is 1.14 bits per heavy atom. The molecule has 29 heavy (non-hydrogen) atoms. The summed E-state index contributed by atoms with van der Waals surface area (Å²) in [5.74, 6) is 2.04. The van der Waals surface area contributed by atoms with Crippen LogP contribution in [0.15, 0.2) is 18.5 Å². The summed E-state index contributed by atoms with van der Waals surface area (Å²) in [6.07, 6.45) is 6.24. The van der Waals surface area contributed by atoms with Crippen LogP contribution >= 0.6 is 0 Å². The smallest absolute Gasteiger partial charge is 0.227 e. The summed E-state index contributed by atoms with van der Waals surface area (Å²) in [5, 5.41) is 0. The average molecular weight is 394 g/mol. The van der Waals surface area contributed by atoms with Gasteiger partial charge in [-0.05, 0) is 25.3 Å². The number of fused-ring (bicyclic) bond motifs is 1. The summed E-state index contributed by atoms with van der Waals surface area (Å²) in [4.78, 5) is 25.2. The van der Waals surface area contributed by atoms with E-state index >= 15 is 0 Å². The van der Waals surface area contributed by atoms with Crippen molar-refractivity contribution < 1.29 is 4.74 Å². The number of morpholine rings is 1. The molecule has 4 saturated heterocycles. The third-order valence-electron chi connectivity index (χ3n) is 6.97. The van der Waals surface area contributed by atoms with Gasteiger partial charge in [0.2, 0.25) is 11.9 Å². The van der Waals surface area contributed by atoms with Crippen LogP contribution in [0.25, 0.3) is 11.3 Å². The van der Waals surface area contributed by atoms with Gasteiger partial charge in [-0.15, -0.1) is 0 Å². The second-order valence-corrected chi connectivity index (χ2v) is 8.99.